The van der Waals surface area contributed by atoms with Crippen LogP contribution in [0, 0.1) is 0 Å². The molecule has 9 nitrogen and oxygen atoms in total. The highest BCUT2D eigenvalue weighted by molar-refractivity contribution is 5.72. The predicted molar refractivity (Wildman–Crippen MR) is 188 cm³/mol. The van der Waals surface area contributed by atoms with E-state index in [9.17, 15) is 14.4 Å². The molecule has 3 aromatic carbocycles. The van der Waals surface area contributed by atoms with Gasteiger partial charge >= 0.3 is 17.9 Å². The first-order chi connectivity index (χ1) is 22.6. The molecular weight excluding hydrogens is 624 g/mol. The zero-order valence-electron chi connectivity index (χ0n) is 30.8. The van der Waals surface area contributed by atoms with E-state index < -0.39 is 40.1 Å². The molecule has 3 rings (SSSR count). The fourth-order valence-corrected chi connectivity index (χ4v) is 5.23. The van der Waals surface area contributed by atoms with Crippen LogP contribution in [0.2, 0.25) is 0 Å². The van der Waals surface area contributed by atoms with Crippen molar-refractivity contribution in [2.24, 2.45) is 0 Å². The van der Waals surface area contributed by atoms with Gasteiger partial charge in [0, 0.05) is 11.3 Å². The van der Waals surface area contributed by atoms with Gasteiger partial charge < -0.3 is 28.4 Å². The molecule has 0 heterocycles. The normalized spacial score (nSPS) is 12.2. The van der Waals surface area contributed by atoms with Crippen LogP contribution in [0.5, 0.6) is 17.2 Å². The van der Waals surface area contributed by atoms with Crippen molar-refractivity contribution in [3.05, 3.63) is 89.5 Å². The fraction of sp³-hybridized carbons (Fsp3) is 0.475. The van der Waals surface area contributed by atoms with Crippen LogP contribution in [0.25, 0.3) is 0 Å². The van der Waals surface area contributed by atoms with E-state index in [1.807, 2.05) is 135 Å². The average Bonchev–Trinajstić information content (AvgIpc) is 2.97. The van der Waals surface area contributed by atoms with Crippen molar-refractivity contribution in [2.75, 3.05) is 19.8 Å². The minimum atomic E-state index is -0.595. The van der Waals surface area contributed by atoms with Crippen LogP contribution in [0.3, 0.4) is 0 Å². The molecule has 266 valence electrons. The summed E-state index contributed by atoms with van der Waals surface area (Å²) in [5, 5.41) is 0. The van der Waals surface area contributed by atoms with Crippen molar-refractivity contribution >= 4 is 17.9 Å². The highest BCUT2D eigenvalue weighted by Gasteiger charge is 2.34. The largest absolute Gasteiger partial charge is 0.482 e. The van der Waals surface area contributed by atoms with Crippen LogP contribution in [-0.4, -0.2) is 54.5 Å². The van der Waals surface area contributed by atoms with E-state index in [1.165, 1.54) is 0 Å². The van der Waals surface area contributed by atoms with E-state index in [-0.39, 0.29) is 25.7 Å². The number of hydrogen-bond acceptors (Lipinski definition) is 9. The SMILES string of the molecule is CC(C)(C)OC(=O)COc1ccc(C(c2ccc(OCC(=O)OC(C)(C)C)cc2)C(C)(C)c2ccc(OCC(=O)OC(C)(C)C)cc2)cc1. The molecule has 9 heteroatoms. The summed E-state index contributed by atoms with van der Waals surface area (Å²) >= 11 is 0. The number of rotatable bonds is 13. The van der Waals surface area contributed by atoms with Gasteiger partial charge in [0.15, 0.2) is 19.8 Å². The minimum absolute atomic E-state index is 0.138. The Morgan fingerprint density at radius 2 is 0.714 bits per heavy atom. The smallest absolute Gasteiger partial charge is 0.344 e. The summed E-state index contributed by atoms with van der Waals surface area (Å²) in [6.45, 7) is 20.1. The van der Waals surface area contributed by atoms with Crippen LogP contribution in [0.1, 0.15) is 98.8 Å². The van der Waals surface area contributed by atoms with Gasteiger partial charge in [0.05, 0.1) is 0 Å². The standard InChI is InChI=1S/C40H52O9/c1-37(2,3)47-33(41)24-44-30-18-12-27(13-19-30)36(28-14-20-31(21-15-28)45-25-34(42)48-38(4,5)6)40(10,11)29-16-22-32(23-17-29)46-26-35(43)49-39(7,8)9/h12-23,36H,24-26H2,1-11H3. The molecule has 0 bridgehead atoms. The average molecular weight is 677 g/mol. The van der Waals surface area contributed by atoms with Crippen molar-refractivity contribution in [1.29, 1.82) is 0 Å². The zero-order valence-corrected chi connectivity index (χ0v) is 30.8. The van der Waals surface area contributed by atoms with Gasteiger partial charge in [-0.2, -0.15) is 0 Å². The molecule has 0 saturated carbocycles. The second kappa shape index (κ2) is 15.8. The lowest BCUT2D eigenvalue weighted by Gasteiger charge is -2.36. The highest BCUT2D eigenvalue weighted by Crippen LogP contribution is 2.44. The van der Waals surface area contributed by atoms with Crippen molar-refractivity contribution in [3.63, 3.8) is 0 Å². The van der Waals surface area contributed by atoms with E-state index in [4.69, 9.17) is 28.4 Å². The second-order valence-electron chi connectivity index (χ2n) is 15.4. The fourth-order valence-electron chi connectivity index (χ4n) is 5.23. The van der Waals surface area contributed by atoms with Gasteiger partial charge in [-0.1, -0.05) is 50.2 Å². The number of carbonyl (C=O) groups excluding carboxylic acids is 3. The van der Waals surface area contributed by atoms with E-state index in [1.54, 1.807) is 0 Å². The molecule has 3 aromatic rings. The Bertz CT molecular complexity index is 1460. The van der Waals surface area contributed by atoms with Crippen LogP contribution in [-0.2, 0) is 34.0 Å². The van der Waals surface area contributed by atoms with Gasteiger partial charge in [-0.15, -0.1) is 0 Å². The summed E-state index contributed by atoms with van der Waals surface area (Å²) in [5.41, 5.74) is 0.849. The lowest BCUT2D eigenvalue weighted by atomic mass is 9.67. The maximum absolute atomic E-state index is 12.2. The zero-order chi connectivity index (χ0) is 36.6. The lowest BCUT2D eigenvalue weighted by Crippen LogP contribution is -2.28. The molecule has 49 heavy (non-hydrogen) atoms. The van der Waals surface area contributed by atoms with Gasteiger partial charge in [-0.3, -0.25) is 0 Å². The van der Waals surface area contributed by atoms with Crippen LogP contribution < -0.4 is 14.2 Å². The monoisotopic (exact) mass is 676 g/mol. The van der Waals surface area contributed by atoms with E-state index in [2.05, 4.69) is 13.8 Å². The van der Waals surface area contributed by atoms with Crippen molar-refractivity contribution in [1.82, 2.24) is 0 Å². The number of carbonyl (C=O) groups is 3. The highest BCUT2D eigenvalue weighted by atomic mass is 16.6. The predicted octanol–water partition coefficient (Wildman–Crippen LogP) is 7.96. The Morgan fingerprint density at radius 1 is 0.449 bits per heavy atom. The molecule has 0 amide bonds. The Kier molecular flexibility index (Phi) is 12.5. The molecule has 0 radical (unpaired) electrons. The van der Waals surface area contributed by atoms with Gasteiger partial charge in [0.1, 0.15) is 34.1 Å². The van der Waals surface area contributed by atoms with Crippen molar-refractivity contribution in [2.45, 2.75) is 104 Å². The molecule has 0 unspecified atom stereocenters. The molecule has 0 aliphatic heterocycles. The maximum Gasteiger partial charge on any atom is 0.344 e. The first-order valence-electron chi connectivity index (χ1n) is 16.5. The molecule has 0 aliphatic rings. The van der Waals surface area contributed by atoms with Crippen LogP contribution in [0.15, 0.2) is 72.8 Å². The van der Waals surface area contributed by atoms with Crippen LogP contribution >= 0.6 is 0 Å². The van der Waals surface area contributed by atoms with Crippen molar-refractivity contribution < 1.29 is 42.8 Å². The van der Waals surface area contributed by atoms with E-state index >= 15 is 0 Å². The molecule has 0 aliphatic carbocycles. The molecule has 0 aromatic heterocycles. The Balaban J connectivity index is 1.86. The molecule has 0 fully saturated rings. The number of ether oxygens (including phenoxy) is 6. The van der Waals surface area contributed by atoms with Gasteiger partial charge in [0.2, 0.25) is 0 Å². The quantitative estimate of drug-likeness (QED) is 0.132. The summed E-state index contributed by atoms with van der Waals surface area (Å²) in [6, 6.07) is 23.0. The van der Waals surface area contributed by atoms with Crippen molar-refractivity contribution in [3.8, 4) is 17.2 Å². The van der Waals surface area contributed by atoms with Gasteiger partial charge in [-0.25, -0.2) is 14.4 Å². The molecule has 0 spiro atoms. The third-order valence-electron chi connectivity index (χ3n) is 7.08. The van der Waals surface area contributed by atoms with Gasteiger partial charge in [0.25, 0.3) is 0 Å². The number of esters is 3. The Hall–Kier alpha value is -4.53. The topological polar surface area (TPSA) is 107 Å². The van der Waals surface area contributed by atoms with Crippen LogP contribution in [0.4, 0.5) is 0 Å². The maximum atomic E-state index is 12.2. The summed E-state index contributed by atoms with van der Waals surface area (Å²) in [6.07, 6.45) is 0. The lowest BCUT2D eigenvalue weighted by molar-refractivity contribution is -0.158. The second-order valence-corrected chi connectivity index (χ2v) is 15.4. The summed E-state index contributed by atoms with van der Waals surface area (Å²) in [4.78, 5) is 36.5. The first-order valence-corrected chi connectivity index (χ1v) is 16.5. The summed E-state index contributed by atoms with van der Waals surface area (Å²) in [7, 11) is 0. The van der Waals surface area contributed by atoms with E-state index in [0.29, 0.717) is 17.2 Å². The third kappa shape index (κ3) is 13.1. The van der Waals surface area contributed by atoms with Gasteiger partial charge in [-0.05, 0) is 115 Å². The first kappa shape index (κ1) is 38.9. The Morgan fingerprint density at radius 3 is 0.980 bits per heavy atom. The Labute approximate surface area is 291 Å². The summed E-state index contributed by atoms with van der Waals surface area (Å²) < 4.78 is 33.2. The molecule has 0 saturated heterocycles. The van der Waals surface area contributed by atoms with E-state index in [0.717, 1.165) is 16.7 Å². The minimum Gasteiger partial charge on any atom is -0.482 e. The summed E-state index contributed by atoms with van der Waals surface area (Å²) in [5.74, 6) is 0.188. The number of hydrogen-bond donors (Lipinski definition) is 0. The molecule has 0 N–H and O–H groups in total. The molecule has 0 atom stereocenters. The molecular formula is C40H52O9. The number of benzene rings is 3. The third-order valence-corrected chi connectivity index (χ3v) is 7.08.